The van der Waals surface area contributed by atoms with Gasteiger partial charge in [0.2, 0.25) is 5.91 Å². The number of carbonyl (C=O) groups excluding carboxylic acids is 2. The summed E-state index contributed by atoms with van der Waals surface area (Å²) in [7, 11) is 0. The number of hydroxylamine groups is 1. The van der Waals surface area contributed by atoms with Crippen LogP contribution in [0.25, 0.3) is 0 Å². The Morgan fingerprint density at radius 3 is 2.22 bits per heavy atom. The van der Waals surface area contributed by atoms with Gasteiger partial charge in [-0.15, -0.1) is 13.2 Å². The van der Waals surface area contributed by atoms with E-state index in [-0.39, 0.29) is 0 Å². The van der Waals surface area contributed by atoms with Crippen molar-refractivity contribution in [2.45, 2.75) is 25.4 Å². The van der Waals surface area contributed by atoms with Gasteiger partial charge in [0, 0.05) is 0 Å². The number of benzene rings is 3. The molecule has 0 aromatic heterocycles. The van der Waals surface area contributed by atoms with E-state index in [4.69, 9.17) is 9.57 Å². The predicted octanol–water partition coefficient (Wildman–Crippen LogP) is 5.04. The number of anilines is 2. The second-order valence-corrected chi connectivity index (χ2v) is 8.19. The number of amides is 2. The van der Waals surface area contributed by atoms with Crippen LogP contribution in [0, 0.1) is 5.92 Å². The average Bonchev–Trinajstić information content (AvgIpc) is 3.36. The molecule has 5 rings (SSSR count). The average molecular weight is 498 g/mol. The molecule has 186 valence electrons. The Labute approximate surface area is 204 Å². The molecule has 36 heavy (non-hydrogen) atoms. The van der Waals surface area contributed by atoms with Crippen molar-refractivity contribution >= 4 is 23.2 Å². The zero-order chi connectivity index (χ0) is 25.4. The highest BCUT2D eigenvalue weighted by Crippen LogP contribution is 2.48. The molecular weight excluding hydrogens is 477 g/mol. The molecule has 0 aliphatic carbocycles. The van der Waals surface area contributed by atoms with E-state index in [2.05, 4.69) is 4.74 Å². The highest BCUT2D eigenvalue weighted by atomic mass is 19.4. The van der Waals surface area contributed by atoms with Crippen molar-refractivity contribution in [3.05, 3.63) is 84.4 Å². The minimum absolute atomic E-state index is 0.311. The number of fused-ring (bicyclic) bond motifs is 1. The molecule has 7 nitrogen and oxygen atoms in total. The number of imide groups is 1. The van der Waals surface area contributed by atoms with Gasteiger partial charge in [-0.2, -0.15) is 0 Å². The van der Waals surface area contributed by atoms with Crippen LogP contribution in [-0.2, 0) is 14.4 Å². The number of rotatable bonds is 6. The van der Waals surface area contributed by atoms with Crippen molar-refractivity contribution in [1.82, 2.24) is 0 Å². The largest absolute Gasteiger partial charge is 0.573 e. The van der Waals surface area contributed by atoms with Gasteiger partial charge in [-0.1, -0.05) is 42.5 Å². The maximum absolute atomic E-state index is 13.7. The second-order valence-electron chi connectivity index (χ2n) is 8.19. The smallest absolute Gasteiger partial charge is 0.492 e. The summed E-state index contributed by atoms with van der Waals surface area (Å²) in [5.74, 6) is -1.99. The molecule has 2 aliphatic rings. The van der Waals surface area contributed by atoms with Crippen LogP contribution in [0.2, 0.25) is 0 Å². The molecule has 0 N–H and O–H groups in total. The van der Waals surface area contributed by atoms with Crippen LogP contribution >= 0.6 is 0 Å². The minimum Gasteiger partial charge on any atom is -0.492 e. The summed E-state index contributed by atoms with van der Waals surface area (Å²) in [6.45, 7) is 2.13. The third-order valence-electron chi connectivity index (χ3n) is 5.99. The van der Waals surface area contributed by atoms with Gasteiger partial charge in [-0.25, -0.2) is 9.96 Å². The van der Waals surface area contributed by atoms with E-state index in [0.29, 0.717) is 29.3 Å². The lowest BCUT2D eigenvalue weighted by Gasteiger charge is -2.29. The fraction of sp³-hybridized carbons (Fsp3) is 0.231. The fourth-order valence-corrected chi connectivity index (χ4v) is 4.58. The second kappa shape index (κ2) is 9.19. The Morgan fingerprint density at radius 2 is 1.56 bits per heavy atom. The Bertz CT molecular complexity index is 1270. The van der Waals surface area contributed by atoms with Crippen LogP contribution < -0.4 is 19.4 Å². The topological polar surface area (TPSA) is 68.3 Å². The number of para-hydroxylation sites is 3. The summed E-state index contributed by atoms with van der Waals surface area (Å²) >= 11 is 0. The van der Waals surface area contributed by atoms with Gasteiger partial charge in [0.05, 0.1) is 24.0 Å². The molecule has 2 heterocycles. The Morgan fingerprint density at radius 1 is 0.889 bits per heavy atom. The van der Waals surface area contributed by atoms with Crippen LogP contribution in [0.15, 0.2) is 78.9 Å². The van der Waals surface area contributed by atoms with E-state index in [0.717, 1.165) is 4.90 Å². The van der Waals surface area contributed by atoms with Gasteiger partial charge in [0.1, 0.15) is 17.4 Å². The zero-order valence-electron chi connectivity index (χ0n) is 19.0. The fourth-order valence-electron chi connectivity index (χ4n) is 4.58. The molecule has 3 aromatic carbocycles. The van der Waals surface area contributed by atoms with Gasteiger partial charge in [0.15, 0.2) is 6.10 Å². The molecular formula is C26H21F3N2O5. The highest BCUT2D eigenvalue weighted by Gasteiger charge is 2.60. The van der Waals surface area contributed by atoms with Crippen molar-refractivity contribution in [3.63, 3.8) is 0 Å². The van der Waals surface area contributed by atoms with E-state index in [1.165, 1.54) is 29.3 Å². The van der Waals surface area contributed by atoms with Gasteiger partial charge in [-0.05, 0) is 48.9 Å². The van der Waals surface area contributed by atoms with Crippen LogP contribution in [0.1, 0.15) is 18.5 Å². The molecule has 0 unspecified atom stereocenters. The summed E-state index contributed by atoms with van der Waals surface area (Å²) in [5, 5.41) is 1.47. The van der Waals surface area contributed by atoms with Crippen molar-refractivity contribution in [2.24, 2.45) is 5.92 Å². The molecule has 2 amide bonds. The van der Waals surface area contributed by atoms with Gasteiger partial charge in [0.25, 0.3) is 5.91 Å². The van der Waals surface area contributed by atoms with Crippen LogP contribution in [0.3, 0.4) is 0 Å². The maximum atomic E-state index is 13.7. The maximum Gasteiger partial charge on any atom is 0.573 e. The molecule has 2 fully saturated rings. The molecule has 2 aliphatic heterocycles. The normalized spacial score (nSPS) is 21.6. The lowest BCUT2D eigenvalue weighted by molar-refractivity contribution is -0.274. The molecule has 0 bridgehead atoms. The molecule has 0 radical (unpaired) electrons. The number of halogens is 3. The van der Waals surface area contributed by atoms with Crippen molar-refractivity contribution in [3.8, 4) is 11.5 Å². The van der Waals surface area contributed by atoms with Gasteiger partial charge >= 0.3 is 6.36 Å². The Hall–Kier alpha value is -4.05. The third-order valence-corrected chi connectivity index (χ3v) is 5.99. The zero-order valence-corrected chi connectivity index (χ0v) is 19.0. The number of alkyl halides is 3. The van der Waals surface area contributed by atoms with E-state index in [1.807, 2.05) is 0 Å². The van der Waals surface area contributed by atoms with Gasteiger partial charge in [-0.3, -0.25) is 14.4 Å². The Balaban J connectivity index is 1.54. The monoisotopic (exact) mass is 498 g/mol. The number of nitrogens with zero attached hydrogens (tertiary/aromatic N) is 2. The number of carbonyl (C=O) groups is 2. The SMILES string of the molecule is CCOc1ccccc1N1C(=O)[C@@H]2[C@H](ON(c3ccccc3)[C@@H]2c2ccc(OC(F)(F)F)cc2)C1=O. The van der Waals surface area contributed by atoms with E-state index >= 15 is 0 Å². The van der Waals surface area contributed by atoms with Crippen molar-refractivity contribution in [1.29, 1.82) is 0 Å². The number of hydrogen-bond acceptors (Lipinski definition) is 6. The molecule has 10 heteroatoms. The lowest BCUT2D eigenvalue weighted by Crippen LogP contribution is -2.37. The van der Waals surface area contributed by atoms with Crippen LogP contribution in [0.5, 0.6) is 11.5 Å². The summed E-state index contributed by atoms with van der Waals surface area (Å²) in [6.07, 6.45) is -5.95. The molecule has 3 atom stereocenters. The van der Waals surface area contributed by atoms with Crippen molar-refractivity contribution < 1.29 is 37.1 Å². The first kappa shape index (κ1) is 23.7. The van der Waals surface area contributed by atoms with E-state index in [1.54, 1.807) is 61.5 Å². The summed E-state index contributed by atoms with van der Waals surface area (Å²) < 4.78 is 47.5. The molecule has 0 spiro atoms. The van der Waals surface area contributed by atoms with Crippen LogP contribution in [0.4, 0.5) is 24.5 Å². The Kier molecular flexibility index (Phi) is 6.05. The first-order chi connectivity index (χ1) is 17.3. The van der Waals surface area contributed by atoms with E-state index in [9.17, 15) is 22.8 Å². The van der Waals surface area contributed by atoms with Crippen LogP contribution in [-0.4, -0.2) is 30.9 Å². The molecule has 0 saturated carbocycles. The molecule has 3 aromatic rings. The summed E-state index contributed by atoms with van der Waals surface area (Å²) in [6, 6.07) is 20.0. The molecule has 2 saturated heterocycles. The quantitative estimate of drug-likeness (QED) is 0.444. The van der Waals surface area contributed by atoms with Crippen molar-refractivity contribution in [2.75, 3.05) is 16.6 Å². The summed E-state index contributed by atoms with van der Waals surface area (Å²) in [4.78, 5) is 34.3. The third kappa shape index (κ3) is 4.24. The lowest BCUT2D eigenvalue weighted by atomic mass is 9.90. The highest BCUT2D eigenvalue weighted by molar-refractivity contribution is 6.24. The van der Waals surface area contributed by atoms with Gasteiger partial charge < -0.3 is 9.47 Å². The first-order valence-electron chi connectivity index (χ1n) is 11.2. The number of hydrogen-bond donors (Lipinski definition) is 0. The van der Waals surface area contributed by atoms with E-state index < -0.39 is 42.0 Å². The predicted molar refractivity (Wildman–Crippen MR) is 123 cm³/mol. The first-order valence-corrected chi connectivity index (χ1v) is 11.2. The standard InChI is InChI=1S/C26H21F3N2O5/c1-2-34-20-11-7-6-10-19(20)30-24(32)21-22(16-12-14-18(15-13-16)35-26(27,28)29)31(36-23(21)25(30)33)17-8-4-3-5-9-17/h3-15,21-23H,2H2,1H3/t21-,22+,23-/m0/s1. The summed E-state index contributed by atoms with van der Waals surface area (Å²) in [5.41, 5.74) is 1.39. The number of ether oxygens (including phenoxy) is 2. The minimum atomic E-state index is -4.83.